The number of benzene rings is 1. The number of pyridine rings is 2. The summed E-state index contributed by atoms with van der Waals surface area (Å²) >= 11 is 0. The summed E-state index contributed by atoms with van der Waals surface area (Å²) in [5, 5.41) is 0.895. The van der Waals surface area contributed by atoms with Crippen LogP contribution >= 0.6 is 0 Å². The molecule has 142 valence electrons. The van der Waals surface area contributed by atoms with Crippen LogP contribution in [0.15, 0.2) is 61.2 Å². The highest BCUT2D eigenvalue weighted by Crippen LogP contribution is 2.27. The molecule has 1 aromatic carbocycles. The second-order valence-corrected chi connectivity index (χ2v) is 7.11. The average Bonchev–Trinajstić information content (AvgIpc) is 3.21. The van der Waals surface area contributed by atoms with Gasteiger partial charge in [-0.1, -0.05) is 12.1 Å². The molecule has 0 aliphatic rings. The summed E-state index contributed by atoms with van der Waals surface area (Å²) in [6, 6.07) is 14.4. The number of imidazole rings is 1. The van der Waals surface area contributed by atoms with Crippen LogP contribution in [0.5, 0.6) is 0 Å². The van der Waals surface area contributed by atoms with Crippen molar-refractivity contribution in [2.24, 2.45) is 0 Å². The Labute approximate surface area is 164 Å². The first-order chi connectivity index (χ1) is 13.6. The molecule has 0 saturated heterocycles. The van der Waals surface area contributed by atoms with Crippen molar-refractivity contribution in [3.05, 3.63) is 66.9 Å². The summed E-state index contributed by atoms with van der Waals surface area (Å²) in [6.07, 6.45) is 7.54. The summed E-state index contributed by atoms with van der Waals surface area (Å²) in [5.41, 5.74) is 11.2. The number of fused-ring (bicyclic) bond motifs is 1. The molecule has 6 heteroatoms. The molecule has 3 aromatic heterocycles. The first-order valence-corrected chi connectivity index (χ1v) is 9.40. The molecular weight excluding hydrogens is 348 g/mol. The maximum absolute atomic E-state index is 6.22. The molecule has 4 rings (SSSR count). The Morgan fingerprint density at radius 2 is 1.86 bits per heavy atom. The number of nitrogens with two attached hydrogens (primary N) is 1. The van der Waals surface area contributed by atoms with E-state index in [-0.39, 0.29) is 0 Å². The fourth-order valence-corrected chi connectivity index (χ4v) is 3.27. The van der Waals surface area contributed by atoms with E-state index >= 15 is 0 Å². The second-order valence-electron chi connectivity index (χ2n) is 7.11. The van der Waals surface area contributed by atoms with Crippen molar-refractivity contribution < 1.29 is 0 Å². The van der Waals surface area contributed by atoms with Gasteiger partial charge in [0.15, 0.2) is 0 Å². The van der Waals surface area contributed by atoms with E-state index in [1.807, 2.05) is 44.8 Å². The van der Waals surface area contributed by atoms with Crippen molar-refractivity contribution in [1.82, 2.24) is 19.5 Å². The quantitative estimate of drug-likeness (QED) is 0.558. The van der Waals surface area contributed by atoms with Crippen LogP contribution in [0, 0.1) is 0 Å². The average molecular weight is 372 g/mol. The molecule has 3 heterocycles. The Bertz CT molecular complexity index is 1070. The van der Waals surface area contributed by atoms with Crippen LogP contribution in [-0.4, -0.2) is 33.6 Å². The maximum atomic E-state index is 6.22. The summed E-state index contributed by atoms with van der Waals surface area (Å²) in [7, 11) is 4.05. The SMILES string of the molecule is CN(C)c1ccc(-c2cc3nc(CCCn4ccnc4)ccc3c(N)n2)cc1. The highest BCUT2D eigenvalue weighted by atomic mass is 15.1. The van der Waals surface area contributed by atoms with Gasteiger partial charge in [-0.2, -0.15) is 0 Å². The van der Waals surface area contributed by atoms with Crippen molar-refractivity contribution in [2.45, 2.75) is 19.4 Å². The van der Waals surface area contributed by atoms with Gasteiger partial charge in [-0.05, 0) is 43.2 Å². The number of anilines is 2. The molecule has 0 atom stereocenters. The largest absolute Gasteiger partial charge is 0.383 e. The molecule has 6 nitrogen and oxygen atoms in total. The predicted molar refractivity (Wildman–Crippen MR) is 114 cm³/mol. The van der Waals surface area contributed by atoms with E-state index in [4.69, 9.17) is 10.7 Å². The number of rotatable bonds is 6. The zero-order chi connectivity index (χ0) is 19.5. The highest BCUT2D eigenvalue weighted by molar-refractivity contribution is 5.91. The Morgan fingerprint density at radius 1 is 1.04 bits per heavy atom. The van der Waals surface area contributed by atoms with Gasteiger partial charge in [0.25, 0.3) is 0 Å². The van der Waals surface area contributed by atoms with Crippen molar-refractivity contribution in [3.8, 4) is 11.3 Å². The van der Waals surface area contributed by atoms with Gasteiger partial charge in [0, 0.05) is 55.4 Å². The second kappa shape index (κ2) is 7.68. The number of nitrogen functional groups attached to an aromatic ring is 1. The fraction of sp³-hybridized carbons (Fsp3) is 0.227. The molecule has 0 unspecified atom stereocenters. The molecule has 2 N–H and O–H groups in total. The molecule has 0 spiro atoms. The van der Waals surface area contributed by atoms with E-state index in [2.05, 4.69) is 43.7 Å². The zero-order valence-electron chi connectivity index (χ0n) is 16.2. The van der Waals surface area contributed by atoms with Gasteiger partial charge in [0.2, 0.25) is 0 Å². The Hall–Kier alpha value is -3.41. The van der Waals surface area contributed by atoms with Gasteiger partial charge in [0.05, 0.1) is 17.5 Å². The summed E-state index contributed by atoms with van der Waals surface area (Å²) < 4.78 is 2.08. The minimum atomic E-state index is 0.515. The number of hydrogen-bond acceptors (Lipinski definition) is 5. The standard InChI is InChI=1S/C22H24N6/c1-27(2)18-8-5-16(6-9-18)20-14-21-19(22(23)26-20)10-7-17(25-21)4-3-12-28-13-11-24-15-28/h5-11,13-15H,3-4,12H2,1-2H3,(H2,23,26). The number of aromatic nitrogens is 4. The highest BCUT2D eigenvalue weighted by Gasteiger charge is 2.08. The van der Waals surface area contributed by atoms with E-state index < -0.39 is 0 Å². The minimum absolute atomic E-state index is 0.515. The van der Waals surface area contributed by atoms with Crippen molar-refractivity contribution in [1.29, 1.82) is 0 Å². The lowest BCUT2D eigenvalue weighted by atomic mass is 10.1. The van der Waals surface area contributed by atoms with Crippen LogP contribution in [0.1, 0.15) is 12.1 Å². The van der Waals surface area contributed by atoms with Gasteiger partial charge in [0.1, 0.15) is 5.82 Å². The molecular formula is C22H24N6. The van der Waals surface area contributed by atoms with E-state index in [0.717, 1.165) is 52.9 Å². The van der Waals surface area contributed by atoms with Crippen LogP contribution in [0.25, 0.3) is 22.2 Å². The normalized spacial score (nSPS) is 11.1. The Balaban J connectivity index is 1.58. The van der Waals surface area contributed by atoms with Gasteiger partial charge in [-0.15, -0.1) is 0 Å². The molecule has 0 bridgehead atoms. The van der Waals surface area contributed by atoms with E-state index in [1.54, 1.807) is 6.20 Å². The summed E-state index contributed by atoms with van der Waals surface area (Å²) in [6.45, 7) is 0.932. The number of hydrogen-bond donors (Lipinski definition) is 1. The number of nitrogens with zero attached hydrogens (tertiary/aromatic N) is 5. The Kier molecular flexibility index (Phi) is 4.93. The van der Waals surface area contributed by atoms with Gasteiger partial charge in [-0.3, -0.25) is 4.98 Å². The molecule has 0 aliphatic carbocycles. The molecule has 0 aliphatic heterocycles. The molecule has 0 fully saturated rings. The maximum Gasteiger partial charge on any atom is 0.133 e. The van der Waals surface area contributed by atoms with Crippen LogP contribution < -0.4 is 10.6 Å². The lowest BCUT2D eigenvalue weighted by Crippen LogP contribution is -2.08. The predicted octanol–water partition coefficient (Wildman–Crippen LogP) is 3.77. The third kappa shape index (κ3) is 3.81. The van der Waals surface area contributed by atoms with Gasteiger partial charge >= 0.3 is 0 Å². The third-order valence-corrected chi connectivity index (χ3v) is 4.86. The van der Waals surface area contributed by atoms with Gasteiger partial charge < -0.3 is 15.2 Å². The summed E-state index contributed by atoms with van der Waals surface area (Å²) in [5.74, 6) is 0.515. The lowest BCUT2D eigenvalue weighted by molar-refractivity contribution is 0.637. The monoisotopic (exact) mass is 372 g/mol. The van der Waals surface area contributed by atoms with Crippen LogP contribution in [-0.2, 0) is 13.0 Å². The summed E-state index contributed by atoms with van der Waals surface area (Å²) in [4.78, 5) is 15.6. The van der Waals surface area contributed by atoms with Crippen LogP contribution in [0.3, 0.4) is 0 Å². The van der Waals surface area contributed by atoms with E-state index in [1.165, 1.54) is 0 Å². The van der Waals surface area contributed by atoms with E-state index in [0.29, 0.717) is 5.82 Å². The lowest BCUT2D eigenvalue weighted by Gasteiger charge is -2.13. The minimum Gasteiger partial charge on any atom is -0.383 e. The Morgan fingerprint density at radius 3 is 2.57 bits per heavy atom. The fourth-order valence-electron chi connectivity index (χ4n) is 3.27. The smallest absolute Gasteiger partial charge is 0.133 e. The van der Waals surface area contributed by atoms with Crippen molar-refractivity contribution in [3.63, 3.8) is 0 Å². The topological polar surface area (TPSA) is 72.9 Å². The third-order valence-electron chi connectivity index (χ3n) is 4.86. The first kappa shape index (κ1) is 18.0. The van der Waals surface area contributed by atoms with Crippen molar-refractivity contribution >= 4 is 22.4 Å². The molecule has 0 amide bonds. The van der Waals surface area contributed by atoms with E-state index in [9.17, 15) is 0 Å². The molecule has 28 heavy (non-hydrogen) atoms. The zero-order valence-corrected chi connectivity index (χ0v) is 16.2. The van der Waals surface area contributed by atoms with Gasteiger partial charge in [-0.25, -0.2) is 9.97 Å². The van der Waals surface area contributed by atoms with Crippen LogP contribution in [0.4, 0.5) is 11.5 Å². The first-order valence-electron chi connectivity index (χ1n) is 9.40. The number of aryl methyl sites for hydroxylation is 2. The van der Waals surface area contributed by atoms with Crippen LogP contribution in [0.2, 0.25) is 0 Å². The molecule has 0 saturated carbocycles. The molecule has 4 aromatic rings. The molecule has 0 radical (unpaired) electrons. The van der Waals surface area contributed by atoms with Crippen molar-refractivity contribution in [2.75, 3.05) is 24.7 Å².